The number of benzene rings is 3. The first-order valence-electron chi connectivity index (χ1n) is 10.5. The molecule has 0 unspecified atom stereocenters. The molecule has 1 amide bonds. The third-order valence-electron chi connectivity index (χ3n) is 5.71. The molecule has 0 aliphatic carbocycles. The van der Waals surface area contributed by atoms with Crippen LogP contribution in [-0.4, -0.2) is 44.1 Å². The molecule has 4 rings (SSSR count). The average Bonchev–Trinajstić information content (AvgIpc) is 3.06. The average molecular weight is 401 g/mol. The highest BCUT2D eigenvalue weighted by Crippen LogP contribution is 2.22. The largest absolute Gasteiger partial charge is 0.497 e. The number of carbonyl (C=O) groups is 1. The summed E-state index contributed by atoms with van der Waals surface area (Å²) >= 11 is 0. The fourth-order valence-corrected chi connectivity index (χ4v) is 4.04. The molecule has 30 heavy (non-hydrogen) atoms. The molecule has 0 aromatic heterocycles. The summed E-state index contributed by atoms with van der Waals surface area (Å²) in [6, 6.07) is 26.5. The predicted octanol–water partition coefficient (Wildman–Crippen LogP) is 4.64. The molecule has 4 nitrogen and oxygen atoms in total. The van der Waals surface area contributed by atoms with Crippen LogP contribution in [-0.2, 0) is 6.42 Å². The van der Waals surface area contributed by atoms with Crippen LogP contribution >= 0.6 is 0 Å². The molecule has 0 atom stereocenters. The first-order valence-corrected chi connectivity index (χ1v) is 10.5. The van der Waals surface area contributed by atoms with Crippen molar-refractivity contribution in [3.63, 3.8) is 0 Å². The second kappa shape index (κ2) is 9.49. The van der Waals surface area contributed by atoms with Crippen molar-refractivity contribution in [2.75, 3.05) is 38.2 Å². The van der Waals surface area contributed by atoms with Crippen molar-refractivity contribution in [3.05, 3.63) is 95.6 Å². The van der Waals surface area contributed by atoms with Crippen molar-refractivity contribution < 1.29 is 9.53 Å². The Hall–Kier alpha value is -3.27. The molecule has 3 aromatic carbocycles. The molecule has 0 spiro atoms. The number of amides is 1. The van der Waals surface area contributed by atoms with Gasteiger partial charge in [0, 0.05) is 37.4 Å². The number of carbonyl (C=O) groups excluding carboxylic acids is 1. The Labute approximate surface area is 178 Å². The Kier molecular flexibility index (Phi) is 6.33. The second-order valence-electron chi connectivity index (χ2n) is 7.65. The molecule has 0 radical (unpaired) electrons. The highest BCUT2D eigenvalue weighted by molar-refractivity contribution is 5.96. The van der Waals surface area contributed by atoms with E-state index < -0.39 is 0 Å². The molecule has 1 heterocycles. The molecular weight excluding hydrogens is 372 g/mol. The van der Waals surface area contributed by atoms with Crippen molar-refractivity contribution in [2.45, 2.75) is 12.8 Å². The van der Waals surface area contributed by atoms with Gasteiger partial charge in [-0.15, -0.1) is 0 Å². The van der Waals surface area contributed by atoms with Gasteiger partial charge in [-0.25, -0.2) is 0 Å². The SMILES string of the molecule is COc1ccc(N2CCCN(C(=O)c3ccccc3Cc3ccccc3)CC2)cc1. The zero-order valence-corrected chi connectivity index (χ0v) is 17.5. The zero-order chi connectivity index (χ0) is 20.8. The lowest BCUT2D eigenvalue weighted by Gasteiger charge is -2.24. The maximum Gasteiger partial charge on any atom is 0.254 e. The number of anilines is 1. The van der Waals surface area contributed by atoms with Gasteiger partial charge in [0.1, 0.15) is 5.75 Å². The van der Waals surface area contributed by atoms with E-state index in [9.17, 15) is 4.79 Å². The van der Waals surface area contributed by atoms with Crippen molar-refractivity contribution in [2.24, 2.45) is 0 Å². The lowest BCUT2D eigenvalue weighted by molar-refractivity contribution is 0.0766. The van der Waals surface area contributed by atoms with Crippen LogP contribution in [0.5, 0.6) is 5.75 Å². The first-order chi connectivity index (χ1) is 14.7. The molecule has 3 aromatic rings. The number of methoxy groups -OCH3 is 1. The summed E-state index contributed by atoms with van der Waals surface area (Å²) in [6.07, 6.45) is 1.73. The maximum absolute atomic E-state index is 13.4. The minimum atomic E-state index is 0.137. The highest BCUT2D eigenvalue weighted by atomic mass is 16.5. The van der Waals surface area contributed by atoms with Gasteiger partial charge in [-0.3, -0.25) is 4.79 Å². The van der Waals surface area contributed by atoms with Crippen LogP contribution < -0.4 is 9.64 Å². The molecule has 154 valence electrons. The Bertz CT molecular complexity index is 970. The molecular formula is C26H28N2O2. The summed E-state index contributed by atoms with van der Waals surface area (Å²) in [5.74, 6) is 0.999. The molecule has 4 heteroatoms. The maximum atomic E-state index is 13.4. The van der Waals surface area contributed by atoms with Crippen LogP contribution in [0, 0.1) is 0 Å². The monoisotopic (exact) mass is 400 g/mol. The molecule has 1 saturated heterocycles. The lowest BCUT2D eigenvalue weighted by Crippen LogP contribution is -2.35. The van der Waals surface area contributed by atoms with Crippen molar-refractivity contribution in [1.82, 2.24) is 4.90 Å². The fourth-order valence-electron chi connectivity index (χ4n) is 4.04. The van der Waals surface area contributed by atoms with Gasteiger partial charge in [0.25, 0.3) is 5.91 Å². The van der Waals surface area contributed by atoms with Gasteiger partial charge >= 0.3 is 0 Å². The fraction of sp³-hybridized carbons (Fsp3) is 0.269. The molecule has 0 bridgehead atoms. The zero-order valence-electron chi connectivity index (χ0n) is 17.5. The number of hydrogen-bond donors (Lipinski definition) is 0. The quantitative estimate of drug-likeness (QED) is 0.626. The van der Waals surface area contributed by atoms with E-state index in [0.717, 1.165) is 55.9 Å². The number of nitrogens with zero attached hydrogens (tertiary/aromatic N) is 2. The van der Waals surface area contributed by atoms with Crippen LogP contribution in [0.2, 0.25) is 0 Å². The Morgan fingerprint density at radius 2 is 1.57 bits per heavy atom. The molecule has 1 aliphatic heterocycles. The van der Waals surface area contributed by atoms with Gasteiger partial charge in [0.15, 0.2) is 0 Å². The summed E-state index contributed by atoms with van der Waals surface area (Å²) in [6.45, 7) is 3.29. The Morgan fingerprint density at radius 3 is 2.33 bits per heavy atom. The van der Waals surface area contributed by atoms with Gasteiger partial charge in [0.05, 0.1) is 7.11 Å². The number of rotatable bonds is 5. The first kappa shape index (κ1) is 20.0. The van der Waals surface area contributed by atoms with Gasteiger partial charge in [-0.1, -0.05) is 48.5 Å². The summed E-state index contributed by atoms with van der Waals surface area (Å²) in [7, 11) is 1.68. The van der Waals surface area contributed by atoms with E-state index in [2.05, 4.69) is 35.2 Å². The molecule has 1 aliphatic rings. The van der Waals surface area contributed by atoms with Crippen LogP contribution in [0.15, 0.2) is 78.9 Å². The van der Waals surface area contributed by atoms with Crippen LogP contribution in [0.1, 0.15) is 27.9 Å². The van der Waals surface area contributed by atoms with Gasteiger partial charge in [-0.2, -0.15) is 0 Å². The van der Waals surface area contributed by atoms with E-state index in [4.69, 9.17) is 4.74 Å². The van der Waals surface area contributed by atoms with E-state index in [1.807, 2.05) is 53.4 Å². The van der Waals surface area contributed by atoms with Crippen LogP contribution in [0.4, 0.5) is 5.69 Å². The van der Waals surface area contributed by atoms with Gasteiger partial charge < -0.3 is 14.5 Å². The summed E-state index contributed by atoms with van der Waals surface area (Å²) in [5, 5.41) is 0. The van der Waals surface area contributed by atoms with Crippen molar-refractivity contribution >= 4 is 11.6 Å². The summed E-state index contributed by atoms with van der Waals surface area (Å²) in [5.41, 5.74) is 4.30. The van der Waals surface area contributed by atoms with E-state index in [1.165, 1.54) is 11.3 Å². The third kappa shape index (κ3) is 4.65. The van der Waals surface area contributed by atoms with E-state index >= 15 is 0 Å². The standard InChI is InChI=1S/C26H28N2O2/c1-30-24-14-12-23(13-15-24)27-16-7-17-28(19-18-27)26(29)25-11-6-5-10-22(25)20-21-8-3-2-4-9-21/h2-6,8-15H,7,16-20H2,1H3. The topological polar surface area (TPSA) is 32.8 Å². The normalized spacial score (nSPS) is 14.3. The predicted molar refractivity (Wildman–Crippen MR) is 121 cm³/mol. The summed E-state index contributed by atoms with van der Waals surface area (Å²) in [4.78, 5) is 17.7. The van der Waals surface area contributed by atoms with Gasteiger partial charge in [-0.05, 0) is 54.3 Å². The van der Waals surface area contributed by atoms with Gasteiger partial charge in [0.2, 0.25) is 0 Å². The minimum absolute atomic E-state index is 0.137. The number of ether oxygens (including phenoxy) is 1. The second-order valence-corrected chi connectivity index (χ2v) is 7.65. The summed E-state index contributed by atoms with van der Waals surface area (Å²) < 4.78 is 5.26. The molecule has 0 N–H and O–H groups in total. The number of hydrogen-bond acceptors (Lipinski definition) is 3. The molecule has 0 saturated carbocycles. The molecule has 1 fully saturated rings. The van der Waals surface area contributed by atoms with Crippen molar-refractivity contribution in [3.8, 4) is 5.75 Å². The van der Waals surface area contributed by atoms with E-state index in [0.29, 0.717) is 0 Å². The lowest BCUT2D eigenvalue weighted by atomic mass is 9.99. The highest BCUT2D eigenvalue weighted by Gasteiger charge is 2.22. The van der Waals surface area contributed by atoms with Crippen LogP contribution in [0.25, 0.3) is 0 Å². The Balaban J connectivity index is 1.46. The Morgan fingerprint density at radius 1 is 0.833 bits per heavy atom. The van der Waals surface area contributed by atoms with Crippen LogP contribution in [0.3, 0.4) is 0 Å². The van der Waals surface area contributed by atoms with Crippen molar-refractivity contribution in [1.29, 1.82) is 0 Å². The minimum Gasteiger partial charge on any atom is -0.497 e. The third-order valence-corrected chi connectivity index (χ3v) is 5.71. The van der Waals surface area contributed by atoms with E-state index in [-0.39, 0.29) is 5.91 Å². The van der Waals surface area contributed by atoms with E-state index in [1.54, 1.807) is 7.11 Å². The smallest absolute Gasteiger partial charge is 0.254 e.